The fourth-order valence-electron chi connectivity index (χ4n) is 1.72. The predicted molar refractivity (Wildman–Crippen MR) is 40.5 cm³/mol. The minimum Gasteiger partial charge on any atom is -0.303 e. The van der Waals surface area contributed by atoms with E-state index in [0.29, 0.717) is 0 Å². The van der Waals surface area contributed by atoms with Crippen molar-refractivity contribution in [2.24, 2.45) is 5.92 Å². The number of hydrogen-bond acceptors (Lipinski definition) is 1. The highest BCUT2D eigenvalue weighted by molar-refractivity contribution is 4.80. The molecule has 1 aliphatic rings. The summed E-state index contributed by atoms with van der Waals surface area (Å²) in [4.78, 5) is 2.45. The SMILES string of the molecule is CCC1CCN(C)C1C. The third-order valence-electron chi connectivity index (χ3n) is 2.75. The van der Waals surface area contributed by atoms with E-state index in [1.165, 1.54) is 19.4 Å². The van der Waals surface area contributed by atoms with E-state index in [-0.39, 0.29) is 0 Å². The molecule has 1 rings (SSSR count). The van der Waals surface area contributed by atoms with Crippen LogP contribution in [0.2, 0.25) is 0 Å². The van der Waals surface area contributed by atoms with E-state index >= 15 is 0 Å². The first-order chi connectivity index (χ1) is 4.25. The second-order valence-electron chi connectivity index (χ2n) is 3.18. The van der Waals surface area contributed by atoms with Crippen molar-refractivity contribution in [3.05, 3.63) is 0 Å². The lowest BCUT2D eigenvalue weighted by molar-refractivity contribution is 0.289. The largest absolute Gasteiger partial charge is 0.303 e. The fourth-order valence-corrected chi connectivity index (χ4v) is 1.72. The van der Waals surface area contributed by atoms with Gasteiger partial charge in [-0.1, -0.05) is 13.3 Å². The van der Waals surface area contributed by atoms with Gasteiger partial charge in [0.25, 0.3) is 0 Å². The highest BCUT2D eigenvalue weighted by atomic mass is 15.1. The van der Waals surface area contributed by atoms with Gasteiger partial charge >= 0.3 is 0 Å². The van der Waals surface area contributed by atoms with E-state index in [4.69, 9.17) is 0 Å². The number of rotatable bonds is 1. The molecular weight excluding hydrogens is 110 g/mol. The summed E-state index contributed by atoms with van der Waals surface area (Å²) in [5.74, 6) is 0.968. The molecule has 0 aliphatic carbocycles. The summed E-state index contributed by atoms with van der Waals surface area (Å²) in [6.45, 7) is 5.93. The molecule has 9 heavy (non-hydrogen) atoms. The van der Waals surface area contributed by atoms with Crippen LogP contribution < -0.4 is 0 Å². The first kappa shape index (κ1) is 7.07. The molecule has 0 N–H and O–H groups in total. The Kier molecular flexibility index (Phi) is 2.12. The van der Waals surface area contributed by atoms with Gasteiger partial charge in [-0.2, -0.15) is 0 Å². The minimum absolute atomic E-state index is 0.829. The van der Waals surface area contributed by atoms with Crippen molar-refractivity contribution in [3.8, 4) is 0 Å². The first-order valence-corrected chi connectivity index (χ1v) is 3.96. The molecule has 1 heteroatoms. The van der Waals surface area contributed by atoms with Crippen molar-refractivity contribution in [3.63, 3.8) is 0 Å². The topological polar surface area (TPSA) is 3.24 Å². The summed E-state index contributed by atoms with van der Waals surface area (Å²) < 4.78 is 0. The minimum atomic E-state index is 0.829. The zero-order chi connectivity index (χ0) is 6.85. The molecule has 1 aliphatic heterocycles. The van der Waals surface area contributed by atoms with Crippen molar-refractivity contribution < 1.29 is 0 Å². The maximum atomic E-state index is 2.45. The lowest BCUT2D eigenvalue weighted by Crippen LogP contribution is -2.25. The van der Waals surface area contributed by atoms with Gasteiger partial charge in [-0.05, 0) is 32.9 Å². The summed E-state index contributed by atoms with van der Waals surface area (Å²) in [6, 6.07) is 0.829. The van der Waals surface area contributed by atoms with Gasteiger partial charge in [-0.25, -0.2) is 0 Å². The third-order valence-corrected chi connectivity index (χ3v) is 2.75. The van der Waals surface area contributed by atoms with Crippen molar-refractivity contribution in [1.82, 2.24) is 4.90 Å². The molecule has 0 radical (unpaired) electrons. The molecule has 0 aromatic carbocycles. The molecule has 54 valence electrons. The summed E-state index contributed by atoms with van der Waals surface area (Å²) in [7, 11) is 2.22. The molecule has 1 fully saturated rings. The molecule has 1 saturated heterocycles. The normalized spacial score (nSPS) is 37.7. The maximum Gasteiger partial charge on any atom is 0.00925 e. The van der Waals surface area contributed by atoms with Crippen LogP contribution in [0.15, 0.2) is 0 Å². The van der Waals surface area contributed by atoms with Crippen LogP contribution in [0.5, 0.6) is 0 Å². The lowest BCUT2D eigenvalue weighted by Gasteiger charge is -2.18. The van der Waals surface area contributed by atoms with Crippen molar-refractivity contribution in [1.29, 1.82) is 0 Å². The summed E-state index contributed by atoms with van der Waals surface area (Å²) in [5, 5.41) is 0. The Morgan fingerprint density at radius 2 is 2.22 bits per heavy atom. The predicted octanol–water partition coefficient (Wildman–Crippen LogP) is 1.74. The Balaban J connectivity index is 2.41. The molecule has 2 unspecified atom stereocenters. The van der Waals surface area contributed by atoms with E-state index in [1.54, 1.807) is 0 Å². The van der Waals surface area contributed by atoms with Crippen LogP contribution in [-0.2, 0) is 0 Å². The second kappa shape index (κ2) is 2.70. The quantitative estimate of drug-likeness (QED) is 0.518. The molecular formula is C8H17N. The summed E-state index contributed by atoms with van der Waals surface area (Å²) >= 11 is 0. The monoisotopic (exact) mass is 127 g/mol. The first-order valence-electron chi connectivity index (χ1n) is 3.96. The highest BCUT2D eigenvalue weighted by Gasteiger charge is 2.25. The van der Waals surface area contributed by atoms with Gasteiger partial charge in [0, 0.05) is 6.04 Å². The van der Waals surface area contributed by atoms with Gasteiger partial charge in [-0.15, -0.1) is 0 Å². The molecule has 0 amide bonds. The average Bonchev–Trinajstić information content (AvgIpc) is 2.15. The highest BCUT2D eigenvalue weighted by Crippen LogP contribution is 2.24. The molecule has 1 nitrogen and oxygen atoms in total. The zero-order valence-corrected chi connectivity index (χ0v) is 6.72. The van der Waals surface area contributed by atoms with Gasteiger partial charge in [0.05, 0.1) is 0 Å². The van der Waals surface area contributed by atoms with Crippen molar-refractivity contribution >= 4 is 0 Å². The molecule has 0 bridgehead atoms. The van der Waals surface area contributed by atoms with Gasteiger partial charge in [0.1, 0.15) is 0 Å². The Morgan fingerprint density at radius 3 is 2.44 bits per heavy atom. The van der Waals surface area contributed by atoms with Crippen LogP contribution in [0.1, 0.15) is 26.7 Å². The number of nitrogens with zero attached hydrogens (tertiary/aromatic N) is 1. The van der Waals surface area contributed by atoms with Gasteiger partial charge in [0.2, 0.25) is 0 Å². The summed E-state index contributed by atoms with van der Waals surface area (Å²) in [6.07, 6.45) is 2.76. The Hall–Kier alpha value is -0.0400. The van der Waals surface area contributed by atoms with Crippen LogP contribution >= 0.6 is 0 Å². The zero-order valence-electron chi connectivity index (χ0n) is 6.72. The van der Waals surface area contributed by atoms with Crippen LogP contribution in [-0.4, -0.2) is 24.5 Å². The van der Waals surface area contributed by atoms with Crippen LogP contribution in [0.25, 0.3) is 0 Å². The van der Waals surface area contributed by atoms with E-state index in [2.05, 4.69) is 25.8 Å². The molecule has 0 saturated carbocycles. The van der Waals surface area contributed by atoms with E-state index in [1.807, 2.05) is 0 Å². The fraction of sp³-hybridized carbons (Fsp3) is 1.00. The van der Waals surface area contributed by atoms with Crippen LogP contribution in [0.4, 0.5) is 0 Å². The van der Waals surface area contributed by atoms with Crippen LogP contribution in [0.3, 0.4) is 0 Å². The molecule has 2 atom stereocenters. The van der Waals surface area contributed by atoms with Gasteiger partial charge in [-0.3, -0.25) is 0 Å². The Labute approximate surface area is 58.0 Å². The Morgan fingerprint density at radius 1 is 1.56 bits per heavy atom. The lowest BCUT2D eigenvalue weighted by atomic mass is 9.99. The van der Waals surface area contributed by atoms with E-state index < -0.39 is 0 Å². The Bertz CT molecular complexity index is 90.6. The second-order valence-corrected chi connectivity index (χ2v) is 3.18. The van der Waals surface area contributed by atoms with Crippen molar-refractivity contribution in [2.45, 2.75) is 32.7 Å². The summed E-state index contributed by atoms with van der Waals surface area (Å²) in [5.41, 5.74) is 0. The van der Waals surface area contributed by atoms with Crippen molar-refractivity contribution in [2.75, 3.05) is 13.6 Å². The molecule has 0 aromatic heterocycles. The molecule has 0 aromatic rings. The third kappa shape index (κ3) is 1.26. The standard InChI is InChI=1S/C8H17N/c1-4-8-5-6-9(3)7(8)2/h7-8H,4-6H2,1-3H3. The van der Waals surface area contributed by atoms with Gasteiger partial charge < -0.3 is 4.90 Å². The average molecular weight is 127 g/mol. The van der Waals surface area contributed by atoms with E-state index in [0.717, 1.165) is 12.0 Å². The molecule has 1 heterocycles. The smallest absolute Gasteiger partial charge is 0.00925 e. The van der Waals surface area contributed by atoms with Crippen LogP contribution in [0, 0.1) is 5.92 Å². The number of hydrogen-bond donors (Lipinski definition) is 0. The number of likely N-dealkylation sites (tertiary alicyclic amines) is 1. The van der Waals surface area contributed by atoms with Gasteiger partial charge in [0.15, 0.2) is 0 Å². The van der Waals surface area contributed by atoms with E-state index in [9.17, 15) is 0 Å². The maximum absolute atomic E-state index is 2.45. The molecule has 0 spiro atoms.